The number of ether oxygens (including phenoxy) is 1. The minimum absolute atomic E-state index is 0.0235. The average Bonchev–Trinajstić information content (AvgIpc) is 2.40. The zero-order valence-corrected chi connectivity index (χ0v) is 15.0. The standard InChI is InChI=1S/C18H39NO/c1-7-8-9-10-11-12-14-17(18(2,3)20-6)15-13-16-19(4)5/h17H,7-16H2,1-6H3. The fraction of sp³-hybridized carbons (Fsp3) is 1.00. The van der Waals surface area contributed by atoms with E-state index in [2.05, 4.69) is 39.8 Å². The van der Waals surface area contributed by atoms with Crippen LogP contribution in [0.4, 0.5) is 0 Å². The third-order valence-electron chi connectivity index (χ3n) is 4.57. The summed E-state index contributed by atoms with van der Waals surface area (Å²) in [6.45, 7) is 7.98. The number of rotatable bonds is 13. The summed E-state index contributed by atoms with van der Waals surface area (Å²) in [7, 11) is 6.18. The van der Waals surface area contributed by atoms with Gasteiger partial charge in [-0.1, -0.05) is 45.4 Å². The van der Waals surface area contributed by atoms with Crippen molar-refractivity contribution in [2.75, 3.05) is 27.7 Å². The van der Waals surface area contributed by atoms with Crippen LogP contribution in [-0.4, -0.2) is 38.3 Å². The zero-order chi connectivity index (χ0) is 15.4. The Bertz CT molecular complexity index is 213. The lowest BCUT2D eigenvalue weighted by molar-refractivity contribution is -0.0354. The number of methoxy groups -OCH3 is 1. The van der Waals surface area contributed by atoms with E-state index in [0.29, 0.717) is 5.92 Å². The van der Waals surface area contributed by atoms with Crippen LogP contribution >= 0.6 is 0 Å². The second-order valence-corrected chi connectivity index (χ2v) is 7.01. The Morgan fingerprint density at radius 2 is 1.45 bits per heavy atom. The Kier molecular flexibility index (Phi) is 11.5. The van der Waals surface area contributed by atoms with Gasteiger partial charge in [0.2, 0.25) is 0 Å². The van der Waals surface area contributed by atoms with Crippen LogP contribution in [0.2, 0.25) is 0 Å². The maximum atomic E-state index is 5.74. The van der Waals surface area contributed by atoms with Crippen molar-refractivity contribution in [3.63, 3.8) is 0 Å². The second-order valence-electron chi connectivity index (χ2n) is 7.01. The SMILES string of the molecule is CCCCCCCCC(CCCN(C)C)C(C)(C)OC. The highest BCUT2D eigenvalue weighted by atomic mass is 16.5. The molecule has 0 aliphatic rings. The quantitative estimate of drug-likeness (QED) is 0.435. The normalized spacial score (nSPS) is 13.9. The fourth-order valence-electron chi connectivity index (χ4n) is 2.83. The minimum atomic E-state index is 0.0235. The van der Waals surface area contributed by atoms with Crippen LogP contribution in [-0.2, 0) is 4.74 Å². The highest BCUT2D eigenvalue weighted by molar-refractivity contribution is 4.79. The molecule has 0 fully saturated rings. The molecule has 0 aliphatic heterocycles. The van der Waals surface area contributed by atoms with Crippen molar-refractivity contribution in [2.45, 2.75) is 84.2 Å². The van der Waals surface area contributed by atoms with Crippen molar-refractivity contribution in [3.05, 3.63) is 0 Å². The van der Waals surface area contributed by atoms with Gasteiger partial charge in [-0.05, 0) is 59.7 Å². The Morgan fingerprint density at radius 1 is 0.900 bits per heavy atom. The van der Waals surface area contributed by atoms with E-state index < -0.39 is 0 Å². The van der Waals surface area contributed by atoms with E-state index in [0.717, 1.165) is 0 Å². The van der Waals surface area contributed by atoms with Crippen molar-refractivity contribution in [1.29, 1.82) is 0 Å². The summed E-state index contributed by atoms with van der Waals surface area (Å²) in [5.74, 6) is 0.693. The third kappa shape index (κ3) is 9.77. The maximum absolute atomic E-state index is 5.74. The topological polar surface area (TPSA) is 12.5 Å². The highest BCUT2D eigenvalue weighted by Gasteiger charge is 2.28. The van der Waals surface area contributed by atoms with Gasteiger partial charge in [0, 0.05) is 7.11 Å². The maximum Gasteiger partial charge on any atom is 0.0650 e. The van der Waals surface area contributed by atoms with Gasteiger partial charge in [-0.25, -0.2) is 0 Å². The number of hydrogen-bond acceptors (Lipinski definition) is 2. The number of unbranched alkanes of at least 4 members (excludes halogenated alkanes) is 5. The molecular formula is C18H39NO. The number of nitrogens with zero attached hydrogens (tertiary/aromatic N) is 1. The van der Waals surface area contributed by atoms with Gasteiger partial charge >= 0.3 is 0 Å². The molecule has 0 bridgehead atoms. The Balaban J connectivity index is 3.99. The largest absolute Gasteiger partial charge is 0.379 e. The first-order valence-corrected chi connectivity index (χ1v) is 8.64. The number of hydrogen-bond donors (Lipinski definition) is 0. The molecule has 0 saturated carbocycles. The predicted octanol–water partition coefficient (Wildman–Crippen LogP) is 5.12. The van der Waals surface area contributed by atoms with Gasteiger partial charge in [0.15, 0.2) is 0 Å². The Hall–Kier alpha value is -0.0800. The van der Waals surface area contributed by atoms with E-state index in [9.17, 15) is 0 Å². The van der Waals surface area contributed by atoms with E-state index in [1.807, 2.05) is 7.11 Å². The van der Waals surface area contributed by atoms with E-state index in [1.54, 1.807) is 0 Å². The van der Waals surface area contributed by atoms with Crippen molar-refractivity contribution < 1.29 is 4.74 Å². The van der Waals surface area contributed by atoms with Crippen LogP contribution in [0.3, 0.4) is 0 Å². The zero-order valence-electron chi connectivity index (χ0n) is 15.0. The van der Waals surface area contributed by atoms with Crippen LogP contribution in [0.25, 0.3) is 0 Å². The van der Waals surface area contributed by atoms with Crippen LogP contribution < -0.4 is 0 Å². The van der Waals surface area contributed by atoms with Gasteiger partial charge in [0.25, 0.3) is 0 Å². The van der Waals surface area contributed by atoms with Crippen molar-refractivity contribution >= 4 is 0 Å². The highest BCUT2D eigenvalue weighted by Crippen LogP contribution is 2.30. The second kappa shape index (κ2) is 11.6. The van der Waals surface area contributed by atoms with Crippen molar-refractivity contribution in [3.8, 4) is 0 Å². The van der Waals surface area contributed by atoms with Gasteiger partial charge in [-0.2, -0.15) is 0 Å². The summed E-state index contributed by atoms with van der Waals surface area (Å²) in [6.07, 6.45) is 12.2. The monoisotopic (exact) mass is 285 g/mol. The van der Waals surface area contributed by atoms with Crippen LogP contribution in [0.1, 0.15) is 78.6 Å². The summed E-state index contributed by atoms with van der Waals surface area (Å²) in [5.41, 5.74) is 0.0235. The fourth-order valence-corrected chi connectivity index (χ4v) is 2.83. The molecule has 20 heavy (non-hydrogen) atoms. The van der Waals surface area contributed by atoms with Crippen LogP contribution in [0.5, 0.6) is 0 Å². The minimum Gasteiger partial charge on any atom is -0.379 e. The van der Waals surface area contributed by atoms with E-state index in [4.69, 9.17) is 4.74 Å². The molecule has 2 nitrogen and oxygen atoms in total. The molecule has 0 saturated heterocycles. The first kappa shape index (κ1) is 19.9. The molecule has 1 atom stereocenters. The van der Waals surface area contributed by atoms with Crippen molar-refractivity contribution in [1.82, 2.24) is 4.90 Å². The average molecular weight is 286 g/mol. The first-order valence-electron chi connectivity index (χ1n) is 8.64. The first-order chi connectivity index (χ1) is 9.44. The summed E-state index contributed by atoms with van der Waals surface area (Å²) in [6, 6.07) is 0. The molecule has 2 heteroatoms. The molecule has 0 N–H and O–H groups in total. The Labute approximate surface area is 128 Å². The van der Waals surface area contributed by atoms with Gasteiger partial charge in [0.05, 0.1) is 5.60 Å². The molecule has 0 spiro atoms. The molecule has 0 rings (SSSR count). The van der Waals surface area contributed by atoms with Crippen LogP contribution in [0, 0.1) is 5.92 Å². The molecular weight excluding hydrogens is 246 g/mol. The lowest BCUT2D eigenvalue weighted by atomic mass is 9.82. The molecule has 0 aliphatic carbocycles. The molecule has 0 radical (unpaired) electrons. The lowest BCUT2D eigenvalue weighted by Crippen LogP contribution is -2.34. The smallest absolute Gasteiger partial charge is 0.0650 e. The molecule has 0 amide bonds. The van der Waals surface area contributed by atoms with E-state index in [-0.39, 0.29) is 5.60 Å². The molecule has 0 aromatic rings. The molecule has 0 heterocycles. The molecule has 0 aromatic carbocycles. The van der Waals surface area contributed by atoms with Gasteiger partial charge in [-0.3, -0.25) is 0 Å². The van der Waals surface area contributed by atoms with Crippen LogP contribution in [0.15, 0.2) is 0 Å². The van der Waals surface area contributed by atoms with E-state index in [1.165, 1.54) is 64.3 Å². The lowest BCUT2D eigenvalue weighted by Gasteiger charge is -2.33. The summed E-state index contributed by atoms with van der Waals surface area (Å²) in [4.78, 5) is 2.28. The van der Waals surface area contributed by atoms with Gasteiger partial charge in [0.1, 0.15) is 0 Å². The summed E-state index contributed by atoms with van der Waals surface area (Å²) >= 11 is 0. The molecule has 122 valence electrons. The summed E-state index contributed by atoms with van der Waals surface area (Å²) in [5, 5.41) is 0. The summed E-state index contributed by atoms with van der Waals surface area (Å²) < 4.78 is 5.74. The Morgan fingerprint density at radius 3 is 2.00 bits per heavy atom. The third-order valence-corrected chi connectivity index (χ3v) is 4.57. The van der Waals surface area contributed by atoms with Gasteiger partial charge < -0.3 is 9.64 Å². The predicted molar refractivity (Wildman–Crippen MR) is 90.4 cm³/mol. The van der Waals surface area contributed by atoms with Gasteiger partial charge in [-0.15, -0.1) is 0 Å². The molecule has 1 unspecified atom stereocenters. The molecule has 0 aromatic heterocycles. The van der Waals surface area contributed by atoms with E-state index >= 15 is 0 Å². The van der Waals surface area contributed by atoms with Crippen molar-refractivity contribution in [2.24, 2.45) is 5.92 Å².